The number of benzene rings is 1. The van der Waals surface area contributed by atoms with Gasteiger partial charge >= 0.3 is 0 Å². The SMILES string of the molecule is CS(=O)(=O)O.C[S+]([O-])c1cccc2c1OCCC(C(=O)NC(=N)N)=C2. The van der Waals surface area contributed by atoms with Crippen LogP contribution in [0.3, 0.4) is 0 Å². The van der Waals surface area contributed by atoms with Gasteiger partial charge in [0.1, 0.15) is 6.26 Å². The van der Waals surface area contributed by atoms with Crippen molar-refractivity contribution in [2.24, 2.45) is 5.73 Å². The number of ether oxygens (including phenoxy) is 1. The average Bonchev–Trinajstić information content (AvgIpc) is 2.66. The molecule has 1 amide bonds. The fourth-order valence-electron chi connectivity index (χ4n) is 1.93. The van der Waals surface area contributed by atoms with E-state index in [1.54, 1.807) is 30.5 Å². The fraction of sp³-hybridized carbons (Fsp3) is 0.286. The maximum Gasteiger partial charge on any atom is 0.261 e. The summed E-state index contributed by atoms with van der Waals surface area (Å²) >= 11 is -1.17. The molecule has 138 valence electrons. The summed E-state index contributed by atoms with van der Waals surface area (Å²) in [4.78, 5) is 12.5. The molecule has 25 heavy (non-hydrogen) atoms. The van der Waals surface area contributed by atoms with Crippen LogP contribution in [0.1, 0.15) is 12.0 Å². The van der Waals surface area contributed by atoms with Crippen LogP contribution in [0.2, 0.25) is 0 Å². The van der Waals surface area contributed by atoms with Crippen molar-refractivity contribution in [1.82, 2.24) is 5.32 Å². The van der Waals surface area contributed by atoms with Gasteiger partial charge in [0.25, 0.3) is 16.0 Å². The number of para-hydroxylation sites is 1. The Morgan fingerprint density at radius 1 is 1.48 bits per heavy atom. The van der Waals surface area contributed by atoms with Crippen molar-refractivity contribution < 1.29 is 27.1 Å². The van der Waals surface area contributed by atoms with E-state index in [2.05, 4.69) is 5.32 Å². The highest BCUT2D eigenvalue weighted by molar-refractivity contribution is 7.90. The molecule has 2 rings (SSSR count). The van der Waals surface area contributed by atoms with Crippen LogP contribution < -0.4 is 15.8 Å². The largest absolute Gasteiger partial charge is 0.612 e. The first-order valence-electron chi connectivity index (χ1n) is 6.86. The maximum absolute atomic E-state index is 11.9. The second kappa shape index (κ2) is 8.85. The highest BCUT2D eigenvalue weighted by Crippen LogP contribution is 2.32. The van der Waals surface area contributed by atoms with Gasteiger partial charge in [0.15, 0.2) is 16.6 Å². The summed E-state index contributed by atoms with van der Waals surface area (Å²) in [5.74, 6) is -0.277. The van der Waals surface area contributed by atoms with Crippen LogP contribution in [-0.2, 0) is 26.1 Å². The second-order valence-electron chi connectivity index (χ2n) is 5.00. The van der Waals surface area contributed by atoms with Crippen molar-refractivity contribution in [3.8, 4) is 5.75 Å². The Bertz CT molecular complexity index is 782. The van der Waals surface area contributed by atoms with Crippen LogP contribution in [0.5, 0.6) is 5.75 Å². The summed E-state index contributed by atoms with van der Waals surface area (Å²) in [6.45, 7) is 0.304. The van der Waals surface area contributed by atoms with Gasteiger partial charge in [-0.15, -0.1) is 0 Å². The van der Waals surface area contributed by atoms with E-state index in [9.17, 15) is 17.8 Å². The first-order valence-corrected chi connectivity index (χ1v) is 10.3. The van der Waals surface area contributed by atoms with E-state index >= 15 is 0 Å². The number of fused-ring (bicyclic) bond motifs is 1. The van der Waals surface area contributed by atoms with Crippen LogP contribution >= 0.6 is 0 Å². The van der Waals surface area contributed by atoms with Crippen LogP contribution in [0.15, 0.2) is 28.7 Å². The third-order valence-corrected chi connectivity index (χ3v) is 3.75. The van der Waals surface area contributed by atoms with E-state index in [0.717, 1.165) is 0 Å². The van der Waals surface area contributed by atoms with Gasteiger partial charge in [-0.3, -0.25) is 20.1 Å². The molecule has 0 bridgehead atoms. The lowest BCUT2D eigenvalue weighted by Crippen LogP contribution is -2.36. The first-order chi connectivity index (χ1) is 11.5. The number of guanidine groups is 1. The summed E-state index contributed by atoms with van der Waals surface area (Å²) in [5.41, 5.74) is 6.32. The number of hydrogen-bond acceptors (Lipinski definition) is 6. The predicted octanol–water partition coefficient (Wildman–Crippen LogP) is 0.104. The predicted molar refractivity (Wildman–Crippen MR) is 94.4 cm³/mol. The maximum atomic E-state index is 11.9. The summed E-state index contributed by atoms with van der Waals surface area (Å²) in [7, 11) is -3.67. The van der Waals surface area contributed by atoms with E-state index in [1.807, 2.05) is 0 Å². The van der Waals surface area contributed by atoms with Crippen LogP contribution in [0.25, 0.3) is 6.08 Å². The minimum Gasteiger partial charge on any atom is -0.612 e. The van der Waals surface area contributed by atoms with Gasteiger partial charge in [0.2, 0.25) is 0 Å². The molecule has 1 heterocycles. The lowest BCUT2D eigenvalue weighted by Gasteiger charge is -2.12. The van der Waals surface area contributed by atoms with Gasteiger partial charge in [-0.1, -0.05) is 12.1 Å². The first kappa shape index (κ1) is 21.0. The fourth-order valence-corrected chi connectivity index (χ4v) is 2.64. The van der Waals surface area contributed by atoms with Crippen LogP contribution in [0, 0.1) is 5.41 Å². The van der Waals surface area contributed by atoms with E-state index in [-0.39, 0.29) is 0 Å². The molecule has 1 unspecified atom stereocenters. The number of nitrogens with one attached hydrogen (secondary N) is 2. The second-order valence-corrected chi connectivity index (χ2v) is 7.81. The van der Waals surface area contributed by atoms with Crippen molar-refractivity contribution >= 4 is 39.2 Å². The molecule has 0 spiro atoms. The Hall–Kier alpha value is -2.08. The Labute approximate surface area is 148 Å². The molecule has 0 radical (unpaired) electrons. The smallest absolute Gasteiger partial charge is 0.261 e. The third kappa shape index (κ3) is 7.56. The monoisotopic (exact) mass is 389 g/mol. The van der Waals surface area contributed by atoms with Gasteiger partial charge in [-0.25, -0.2) is 0 Å². The molecule has 0 fully saturated rings. The van der Waals surface area contributed by atoms with Gasteiger partial charge < -0.3 is 15.0 Å². The highest BCUT2D eigenvalue weighted by Gasteiger charge is 2.21. The van der Waals surface area contributed by atoms with E-state index < -0.39 is 33.2 Å². The summed E-state index contributed by atoms with van der Waals surface area (Å²) < 4.78 is 43.2. The number of hydrogen-bond donors (Lipinski definition) is 4. The molecule has 1 aromatic rings. The van der Waals surface area contributed by atoms with Gasteiger partial charge in [-0.05, 0) is 23.3 Å². The lowest BCUT2D eigenvalue weighted by atomic mass is 10.1. The summed E-state index contributed by atoms with van der Waals surface area (Å²) in [6.07, 6.45) is 4.37. The molecule has 1 atom stereocenters. The molecule has 0 saturated heterocycles. The summed E-state index contributed by atoms with van der Waals surface area (Å²) in [5, 5.41) is 9.33. The molecule has 1 aromatic carbocycles. The number of carbonyl (C=O) groups excluding carboxylic acids is 1. The average molecular weight is 389 g/mol. The Morgan fingerprint density at radius 3 is 2.60 bits per heavy atom. The van der Waals surface area contributed by atoms with E-state index in [1.165, 1.54) is 0 Å². The molecule has 0 aliphatic carbocycles. The number of rotatable bonds is 2. The normalized spacial score (nSPS) is 14.5. The summed E-state index contributed by atoms with van der Waals surface area (Å²) in [6, 6.07) is 5.29. The Morgan fingerprint density at radius 2 is 2.08 bits per heavy atom. The highest BCUT2D eigenvalue weighted by atomic mass is 32.2. The Balaban J connectivity index is 0.000000550. The van der Waals surface area contributed by atoms with Crippen molar-refractivity contribution in [3.63, 3.8) is 0 Å². The standard InChI is InChI=1S/C13H15N3O3S.CH4O3S/c1-20(18)10-4-2-3-8-7-9(5-6-19-11(8)10)12(17)16-13(14)15;1-5(2,3)4/h2-4,7H,5-6H2,1H3,(H4,14,15,16,17);1H3,(H,2,3,4). The topological polar surface area (TPSA) is 166 Å². The number of amides is 1. The van der Waals surface area contributed by atoms with Crippen LogP contribution in [0.4, 0.5) is 0 Å². The minimum atomic E-state index is -3.67. The number of nitrogens with two attached hydrogens (primary N) is 1. The zero-order valence-electron chi connectivity index (χ0n) is 13.6. The number of carbonyl (C=O) groups is 1. The quantitative estimate of drug-likeness (QED) is 0.241. The van der Waals surface area contributed by atoms with E-state index in [4.69, 9.17) is 20.4 Å². The van der Waals surface area contributed by atoms with Crippen molar-refractivity contribution in [2.75, 3.05) is 19.1 Å². The minimum absolute atomic E-state index is 0.304. The van der Waals surface area contributed by atoms with E-state index in [0.29, 0.717) is 41.1 Å². The lowest BCUT2D eigenvalue weighted by molar-refractivity contribution is -0.116. The molecule has 11 heteroatoms. The Kier molecular flexibility index (Phi) is 7.42. The van der Waals surface area contributed by atoms with Crippen LogP contribution in [-0.4, -0.2) is 48.5 Å². The van der Waals surface area contributed by atoms with Gasteiger partial charge in [0.05, 0.1) is 12.9 Å². The molecule has 0 aromatic heterocycles. The van der Waals surface area contributed by atoms with Crippen molar-refractivity contribution in [1.29, 1.82) is 5.41 Å². The van der Waals surface area contributed by atoms with Crippen molar-refractivity contribution in [2.45, 2.75) is 11.3 Å². The molecule has 1 aliphatic heterocycles. The van der Waals surface area contributed by atoms with Gasteiger partial charge in [0, 0.05) is 17.6 Å². The molecular formula is C14H19N3O6S2. The third-order valence-electron chi connectivity index (χ3n) is 2.81. The molecular weight excluding hydrogens is 370 g/mol. The van der Waals surface area contributed by atoms with Crippen molar-refractivity contribution in [3.05, 3.63) is 29.3 Å². The zero-order valence-corrected chi connectivity index (χ0v) is 15.2. The zero-order chi connectivity index (χ0) is 19.2. The molecule has 9 nitrogen and oxygen atoms in total. The molecule has 5 N–H and O–H groups in total. The molecule has 1 aliphatic rings. The van der Waals surface area contributed by atoms with Gasteiger partial charge in [-0.2, -0.15) is 8.42 Å². The molecule has 0 saturated carbocycles.